The summed E-state index contributed by atoms with van der Waals surface area (Å²) < 4.78 is 14.1. The van der Waals surface area contributed by atoms with E-state index in [1.807, 2.05) is 78.9 Å². The molecule has 0 aliphatic carbocycles. The maximum absolute atomic E-state index is 6.03. The van der Waals surface area contributed by atoms with Gasteiger partial charge in [-0.25, -0.2) is 0 Å². The summed E-state index contributed by atoms with van der Waals surface area (Å²) in [6, 6.07) is 25.3. The highest BCUT2D eigenvalue weighted by molar-refractivity contribution is 9.10. The molecule has 0 heterocycles. The Kier molecular flexibility index (Phi) is 5.36. The second-order valence-corrected chi connectivity index (χ2v) is 6.72. The minimum Gasteiger partial charge on any atom is -0.451 e. The smallest absolute Gasteiger partial charge is 0.267 e. The van der Waals surface area contributed by atoms with Gasteiger partial charge < -0.3 is 9.47 Å². The maximum atomic E-state index is 6.03. The van der Waals surface area contributed by atoms with Gasteiger partial charge in [0.25, 0.3) is 6.29 Å². The van der Waals surface area contributed by atoms with Gasteiger partial charge in [0.05, 0.1) is 0 Å². The predicted molar refractivity (Wildman–Crippen MR) is 98.7 cm³/mol. The summed E-state index contributed by atoms with van der Waals surface area (Å²) in [5.74, 6) is 1.50. The Morgan fingerprint density at radius 3 is 1.43 bits per heavy atom. The van der Waals surface area contributed by atoms with Crippen LogP contribution in [0.3, 0.4) is 0 Å². The minimum absolute atomic E-state index is 0.515. The Bertz CT molecular complexity index is 693. The van der Waals surface area contributed by atoms with Crippen molar-refractivity contribution in [2.45, 2.75) is 6.29 Å². The summed E-state index contributed by atoms with van der Waals surface area (Å²) in [5.41, 5.74) is 0.957. The van der Waals surface area contributed by atoms with Crippen LogP contribution in [0.2, 0.25) is 0 Å². The predicted octanol–water partition coefficient (Wildman–Crippen LogP) is 6.37. The second kappa shape index (κ2) is 7.66. The highest BCUT2D eigenvalue weighted by atomic mass is 79.9. The van der Waals surface area contributed by atoms with Crippen LogP contribution in [0.25, 0.3) is 0 Å². The van der Waals surface area contributed by atoms with Gasteiger partial charge in [0.1, 0.15) is 11.5 Å². The van der Waals surface area contributed by atoms with Gasteiger partial charge in [0, 0.05) is 14.5 Å². The number of benzene rings is 3. The van der Waals surface area contributed by atoms with Crippen molar-refractivity contribution in [1.29, 1.82) is 0 Å². The van der Waals surface area contributed by atoms with E-state index < -0.39 is 6.29 Å². The van der Waals surface area contributed by atoms with Gasteiger partial charge in [0.2, 0.25) is 0 Å². The van der Waals surface area contributed by atoms with Crippen LogP contribution in [-0.4, -0.2) is 0 Å². The van der Waals surface area contributed by atoms with Crippen molar-refractivity contribution in [2.75, 3.05) is 0 Å². The van der Waals surface area contributed by atoms with Gasteiger partial charge in [-0.2, -0.15) is 0 Å². The molecular formula is C19H14Br2O2. The fraction of sp³-hybridized carbons (Fsp3) is 0.0526. The average molecular weight is 434 g/mol. The highest BCUT2D eigenvalue weighted by Gasteiger charge is 2.15. The van der Waals surface area contributed by atoms with Crippen LogP contribution in [0.4, 0.5) is 0 Å². The van der Waals surface area contributed by atoms with Crippen LogP contribution in [0.5, 0.6) is 11.5 Å². The lowest BCUT2D eigenvalue weighted by Crippen LogP contribution is -2.14. The molecule has 3 aromatic carbocycles. The zero-order valence-electron chi connectivity index (χ0n) is 12.2. The van der Waals surface area contributed by atoms with Crippen molar-refractivity contribution in [3.8, 4) is 11.5 Å². The molecule has 4 heteroatoms. The molecule has 3 aromatic rings. The number of hydrogen-bond acceptors (Lipinski definition) is 2. The summed E-state index contributed by atoms with van der Waals surface area (Å²) in [7, 11) is 0. The molecule has 0 bridgehead atoms. The third-order valence-electron chi connectivity index (χ3n) is 3.19. The van der Waals surface area contributed by atoms with Gasteiger partial charge in [-0.15, -0.1) is 0 Å². The lowest BCUT2D eigenvalue weighted by molar-refractivity contribution is 0.00380. The summed E-state index contributed by atoms with van der Waals surface area (Å²) in [4.78, 5) is 0. The van der Waals surface area contributed by atoms with Gasteiger partial charge in [-0.05, 0) is 48.5 Å². The molecule has 0 saturated carbocycles. The molecule has 0 aliphatic heterocycles. The molecule has 0 fully saturated rings. The lowest BCUT2D eigenvalue weighted by atomic mass is 10.2. The molecule has 0 atom stereocenters. The number of ether oxygens (including phenoxy) is 2. The van der Waals surface area contributed by atoms with E-state index in [4.69, 9.17) is 9.47 Å². The first-order valence-corrected chi connectivity index (χ1v) is 8.69. The standard InChI is InChI=1S/C19H14Br2O2/c20-15-6-10-17(11-7-15)22-19(14-4-2-1-3-5-14)23-18-12-8-16(21)9-13-18/h1-13,19H. The minimum atomic E-state index is -0.515. The van der Waals surface area contributed by atoms with Crippen molar-refractivity contribution in [3.63, 3.8) is 0 Å². The van der Waals surface area contributed by atoms with Crippen LogP contribution >= 0.6 is 31.9 Å². The quantitative estimate of drug-likeness (QED) is 0.435. The Balaban J connectivity index is 1.84. The normalized spacial score (nSPS) is 10.6. The molecule has 0 radical (unpaired) electrons. The Hall–Kier alpha value is -1.78. The molecule has 0 amide bonds. The molecule has 3 rings (SSSR count). The summed E-state index contributed by atoms with van der Waals surface area (Å²) >= 11 is 6.85. The van der Waals surface area contributed by atoms with Gasteiger partial charge >= 0.3 is 0 Å². The molecule has 0 unspecified atom stereocenters. The maximum Gasteiger partial charge on any atom is 0.267 e. The van der Waals surface area contributed by atoms with Crippen molar-refractivity contribution >= 4 is 31.9 Å². The van der Waals surface area contributed by atoms with E-state index in [9.17, 15) is 0 Å². The Labute approximate surface area is 152 Å². The average Bonchev–Trinajstić information content (AvgIpc) is 2.59. The zero-order chi connectivity index (χ0) is 16.1. The topological polar surface area (TPSA) is 18.5 Å². The summed E-state index contributed by atoms with van der Waals surface area (Å²) in [5, 5.41) is 0. The molecule has 0 spiro atoms. The second-order valence-electron chi connectivity index (χ2n) is 4.89. The Morgan fingerprint density at radius 2 is 1.00 bits per heavy atom. The van der Waals surface area contributed by atoms with Crippen LogP contribution in [-0.2, 0) is 0 Å². The number of halogens is 2. The van der Waals surface area contributed by atoms with Crippen LogP contribution in [0.1, 0.15) is 11.9 Å². The fourth-order valence-corrected chi connectivity index (χ4v) is 2.57. The van der Waals surface area contributed by atoms with E-state index in [2.05, 4.69) is 31.9 Å². The SMILES string of the molecule is Brc1ccc(OC(Oc2ccc(Br)cc2)c2ccccc2)cc1. The van der Waals surface area contributed by atoms with Crippen LogP contribution < -0.4 is 9.47 Å². The first kappa shape index (κ1) is 16.1. The van der Waals surface area contributed by atoms with E-state index in [0.29, 0.717) is 0 Å². The largest absolute Gasteiger partial charge is 0.451 e. The van der Waals surface area contributed by atoms with Crippen LogP contribution in [0, 0.1) is 0 Å². The van der Waals surface area contributed by atoms with Crippen molar-refractivity contribution in [2.24, 2.45) is 0 Å². The first-order chi connectivity index (χ1) is 11.2. The van der Waals surface area contributed by atoms with Gasteiger partial charge in [0.15, 0.2) is 0 Å². The van der Waals surface area contributed by atoms with Crippen LogP contribution in [0.15, 0.2) is 87.8 Å². The van der Waals surface area contributed by atoms with Gasteiger partial charge in [-0.1, -0.05) is 62.2 Å². The molecule has 2 nitrogen and oxygen atoms in total. The van der Waals surface area contributed by atoms with Gasteiger partial charge in [-0.3, -0.25) is 0 Å². The molecule has 0 aromatic heterocycles. The van der Waals surface area contributed by atoms with E-state index in [1.54, 1.807) is 0 Å². The van der Waals surface area contributed by atoms with E-state index >= 15 is 0 Å². The van der Waals surface area contributed by atoms with Crippen molar-refractivity contribution in [1.82, 2.24) is 0 Å². The van der Waals surface area contributed by atoms with Crippen molar-refractivity contribution in [3.05, 3.63) is 93.4 Å². The fourth-order valence-electron chi connectivity index (χ4n) is 2.04. The highest BCUT2D eigenvalue weighted by Crippen LogP contribution is 2.27. The third kappa shape index (κ3) is 4.60. The molecule has 0 N–H and O–H groups in total. The summed E-state index contributed by atoms with van der Waals surface area (Å²) in [6.45, 7) is 0. The third-order valence-corrected chi connectivity index (χ3v) is 4.24. The van der Waals surface area contributed by atoms with Crippen molar-refractivity contribution < 1.29 is 9.47 Å². The molecular weight excluding hydrogens is 420 g/mol. The first-order valence-electron chi connectivity index (χ1n) is 7.10. The lowest BCUT2D eigenvalue weighted by Gasteiger charge is -2.21. The number of rotatable bonds is 5. The monoisotopic (exact) mass is 432 g/mol. The zero-order valence-corrected chi connectivity index (χ0v) is 15.3. The molecule has 23 heavy (non-hydrogen) atoms. The molecule has 0 aliphatic rings. The van der Waals surface area contributed by atoms with E-state index in [1.165, 1.54) is 0 Å². The van der Waals surface area contributed by atoms with E-state index in [-0.39, 0.29) is 0 Å². The summed E-state index contributed by atoms with van der Waals surface area (Å²) in [6.07, 6.45) is -0.515. The van der Waals surface area contributed by atoms with E-state index in [0.717, 1.165) is 26.0 Å². The Morgan fingerprint density at radius 1 is 0.565 bits per heavy atom. The molecule has 116 valence electrons. The molecule has 0 saturated heterocycles. The number of hydrogen-bond donors (Lipinski definition) is 0.